The zero-order valence-electron chi connectivity index (χ0n) is 10.2. The van der Waals surface area contributed by atoms with Crippen molar-refractivity contribution in [3.8, 4) is 0 Å². The molecule has 0 amide bonds. The van der Waals surface area contributed by atoms with Crippen molar-refractivity contribution in [3.63, 3.8) is 0 Å². The van der Waals surface area contributed by atoms with Gasteiger partial charge in [-0.05, 0) is 0 Å². The third-order valence-corrected chi connectivity index (χ3v) is 1.74. The van der Waals surface area contributed by atoms with Crippen LogP contribution < -0.4 is 12.4 Å². The van der Waals surface area contributed by atoms with E-state index in [1.54, 1.807) is 0 Å². The molecule has 0 spiro atoms. The molecule has 0 heterocycles. The second kappa shape index (κ2) is 9.84. The van der Waals surface area contributed by atoms with Gasteiger partial charge in [-0.15, -0.1) is 0 Å². The van der Waals surface area contributed by atoms with E-state index >= 15 is 0 Å². The van der Waals surface area contributed by atoms with Crippen LogP contribution in [0.25, 0.3) is 0 Å². The van der Waals surface area contributed by atoms with Gasteiger partial charge in [0.1, 0.15) is 6.54 Å². The van der Waals surface area contributed by atoms with E-state index in [9.17, 15) is 4.79 Å². The SMILES string of the molecule is C[N+](C)(C)CCOCCOCCC(=O)O.[Cl-]. The Morgan fingerprint density at radius 2 is 1.56 bits per heavy atom. The molecule has 0 aromatic carbocycles. The van der Waals surface area contributed by atoms with Crippen molar-refractivity contribution in [1.29, 1.82) is 0 Å². The highest BCUT2D eigenvalue weighted by Crippen LogP contribution is 1.89. The maximum Gasteiger partial charge on any atom is 0.305 e. The first kappa shape index (κ1) is 18.0. The van der Waals surface area contributed by atoms with Crippen LogP contribution in [0, 0.1) is 0 Å². The Balaban J connectivity index is 0. The molecular weight excluding hydrogens is 234 g/mol. The molecule has 0 atom stereocenters. The van der Waals surface area contributed by atoms with Crippen molar-refractivity contribution in [1.82, 2.24) is 0 Å². The van der Waals surface area contributed by atoms with E-state index in [-0.39, 0.29) is 25.4 Å². The first-order valence-corrected chi connectivity index (χ1v) is 5.09. The van der Waals surface area contributed by atoms with Crippen molar-refractivity contribution >= 4 is 5.97 Å². The van der Waals surface area contributed by atoms with Crippen LogP contribution in [0.1, 0.15) is 6.42 Å². The Morgan fingerprint density at radius 1 is 1.06 bits per heavy atom. The standard InChI is InChI=1S/C10H21NO4.ClH/c1-11(2,3)5-7-15-9-8-14-6-4-10(12)13;/h4-9H2,1-3H3;1H. The van der Waals surface area contributed by atoms with Gasteiger partial charge in [-0.1, -0.05) is 0 Å². The Kier molecular flexibility index (Phi) is 11.1. The molecule has 0 radical (unpaired) electrons. The number of carboxylic acid groups (broad SMARTS) is 1. The van der Waals surface area contributed by atoms with Gasteiger partial charge in [-0.3, -0.25) is 4.79 Å². The normalized spacial score (nSPS) is 10.9. The van der Waals surface area contributed by atoms with E-state index in [2.05, 4.69) is 21.1 Å². The number of aliphatic carboxylic acids is 1. The summed E-state index contributed by atoms with van der Waals surface area (Å²) in [5.74, 6) is -0.832. The number of halogens is 1. The van der Waals surface area contributed by atoms with Crippen molar-refractivity contribution in [2.75, 3.05) is 54.1 Å². The number of quaternary nitrogens is 1. The second-order valence-electron chi connectivity index (χ2n) is 4.38. The van der Waals surface area contributed by atoms with E-state index in [4.69, 9.17) is 14.6 Å². The number of rotatable bonds is 9. The highest BCUT2D eigenvalue weighted by Gasteiger charge is 2.05. The summed E-state index contributed by atoms with van der Waals surface area (Å²) >= 11 is 0. The van der Waals surface area contributed by atoms with E-state index in [1.165, 1.54) is 0 Å². The lowest BCUT2D eigenvalue weighted by Gasteiger charge is -2.23. The summed E-state index contributed by atoms with van der Waals surface area (Å²) in [6.07, 6.45) is 0.0544. The molecule has 0 aromatic rings. The Bertz CT molecular complexity index is 182. The molecule has 0 aliphatic carbocycles. The zero-order valence-corrected chi connectivity index (χ0v) is 11.0. The Hall–Kier alpha value is -0.360. The van der Waals surface area contributed by atoms with E-state index in [0.717, 1.165) is 11.0 Å². The van der Waals surface area contributed by atoms with Crippen LogP contribution in [0.4, 0.5) is 0 Å². The summed E-state index contributed by atoms with van der Waals surface area (Å²) in [4.78, 5) is 10.1. The van der Waals surface area contributed by atoms with Crippen LogP contribution in [0.5, 0.6) is 0 Å². The monoisotopic (exact) mass is 255 g/mol. The third-order valence-electron chi connectivity index (χ3n) is 1.74. The summed E-state index contributed by atoms with van der Waals surface area (Å²) in [7, 11) is 6.31. The molecule has 0 fully saturated rings. The molecule has 0 bridgehead atoms. The molecule has 16 heavy (non-hydrogen) atoms. The predicted octanol–water partition coefficient (Wildman–Crippen LogP) is -2.80. The van der Waals surface area contributed by atoms with Crippen molar-refractivity contribution in [2.24, 2.45) is 0 Å². The van der Waals surface area contributed by atoms with Crippen LogP contribution in [-0.2, 0) is 14.3 Å². The molecule has 0 aromatic heterocycles. The fraction of sp³-hybridized carbons (Fsp3) is 0.900. The fourth-order valence-corrected chi connectivity index (χ4v) is 0.820. The van der Waals surface area contributed by atoms with E-state index in [1.807, 2.05) is 0 Å². The average Bonchev–Trinajstić information content (AvgIpc) is 2.07. The zero-order chi connectivity index (χ0) is 11.7. The molecule has 0 aliphatic heterocycles. The van der Waals surface area contributed by atoms with E-state index in [0.29, 0.717) is 19.8 Å². The first-order chi connectivity index (χ1) is 6.92. The summed E-state index contributed by atoms with van der Waals surface area (Å²) in [6.45, 7) is 2.90. The average molecular weight is 256 g/mol. The smallest absolute Gasteiger partial charge is 0.305 e. The minimum atomic E-state index is -0.832. The Morgan fingerprint density at radius 3 is 2.00 bits per heavy atom. The fourth-order valence-electron chi connectivity index (χ4n) is 0.820. The van der Waals surface area contributed by atoms with Gasteiger partial charge in [-0.2, -0.15) is 0 Å². The molecule has 0 saturated heterocycles. The van der Waals surface area contributed by atoms with Crippen LogP contribution in [-0.4, -0.2) is 69.7 Å². The molecular formula is C10H22ClNO4. The van der Waals surface area contributed by atoms with Gasteiger partial charge in [-0.25, -0.2) is 0 Å². The maximum atomic E-state index is 10.1. The van der Waals surface area contributed by atoms with Gasteiger partial charge in [0.25, 0.3) is 0 Å². The number of carbonyl (C=O) groups is 1. The number of hydrogen-bond donors (Lipinski definition) is 1. The molecule has 0 aliphatic rings. The lowest BCUT2D eigenvalue weighted by Crippen LogP contribution is -3.00. The van der Waals surface area contributed by atoms with Gasteiger partial charge < -0.3 is 31.5 Å². The number of ether oxygens (including phenoxy) is 2. The minimum Gasteiger partial charge on any atom is -1.00 e. The number of nitrogens with zero attached hydrogens (tertiary/aromatic N) is 1. The summed E-state index contributed by atoms with van der Waals surface area (Å²) in [5, 5.41) is 8.33. The topological polar surface area (TPSA) is 55.8 Å². The van der Waals surface area contributed by atoms with Crippen molar-refractivity contribution < 1.29 is 36.3 Å². The predicted molar refractivity (Wildman–Crippen MR) is 56.8 cm³/mol. The van der Waals surface area contributed by atoms with Crippen molar-refractivity contribution in [3.05, 3.63) is 0 Å². The molecule has 98 valence electrons. The molecule has 0 saturated carbocycles. The van der Waals surface area contributed by atoms with Crippen LogP contribution in [0.3, 0.4) is 0 Å². The number of hydrogen-bond acceptors (Lipinski definition) is 3. The van der Waals surface area contributed by atoms with Crippen LogP contribution >= 0.6 is 0 Å². The molecule has 6 heteroatoms. The number of carboxylic acids is 1. The first-order valence-electron chi connectivity index (χ1n) is 5.09. The largest absolute Gasteiger partial charge is 1.00 e. The summed E-state index contributed by atoms with van der Waals surface area (Å²) < 4.78 is 11.3. The van der Waals surface area contributed by atoms with Gasteiger partial charge in [0.15, 0.2) is 0 Å². The summed E-state index contributed by atoms with van der Waals surface area (Å²) in [5.41, 5.74) is 0. The Labute approximate surface area is 103 Å². The van der Waals surface area contributed by atoms with Crippen LogP contribution in [0.15, 0.2) is 0 Å². The van der Waals surface area contributed by atoms with E-state index < -0.39 is 5.97 Å². The molecule has 0 rings (SSSR count). The minimum absolute atomic E-state index is 0. The highest BCUT2D eigenvalue weighted by molar-refractivity contribution is 5.66. The van der Waals surface area contributed by atoms with Gasteiger partial charge in [0, 0.05) is 0 Å². The molecule has 1 N–H and O–H groups in total. The molecule has 5 nitrogen and oxygen atoms in total. The lowest BCUT2D eigenvalue weighted by atomic mass is 10.5. The lowest BCUT2D eigenvalue weighted by molar-refractivity contribution is -0.870. The quantitative estimate of drug-likeness (QED) is 0.357. The van der Waals surface area contributed by atoms with Crippen LogP contribution in [0.2, 0.25) is 0 Å². The maximum absolute atomic E-state index is 10.1. The highest BCUT2D eigenvalue weighted by atomic mass is 35.5. The third kappa shape index (κ3) is 16.1. The van der Waals surface area contributed by atoms with Gasteiger partial charge in [0.05, 0.1) is 54.0 Å². The number of likely N-dealkylation sites (N-methyl/N-ethyl adjacent to an activating group) is 1. The molecule has 0 unspecified atom stereocenters. The second-order valence-corrected chi connectivity index (χ2v) is 4.38. The summed E-state index contributed by atoms with van der Waals surface area (Å²) in [6, 6.07) is 0. The van der Waals surface area contributed by atoms with Crippen molar-refractivity contribution in [2.45, 2.75) is 6.42 Å². The van der Waals surface area contributed by atoms with Gasteiger partial charge in [0.2, 0.25) is 0 Å². The van der Waals surface area contributed by atoms with Gasteiger partial charge >= 0.3 is 5.97 Å².